The molecule has 0 saturated heterocycles. The van der Waals surface area contributed by atoms with Crippen molar-refractivity contribution in [2.24, 2.45) is 0 Å². The van der Waals surface area contributed by atoms with Gasteiger partial charge in [-0.25, -0.2) is 4.98 Å². The average molecular weight is 354 g/mol. The van der Waals surface area contributed by atoms with Crippen LogP contribution in [-0.4, -0.2) is 21.9 Å². The van der Waals surface area contributed by atoms with E-state index in [1.165, 1.54) is 29.5 Å². The number of aryl methyl sites for hydroxylation is 2. The summed E-state index contributed by atoms with van der Waals surface area (Å²) in [5.74, 6) is -1.33. The van der Waals surface area contributed by atoms with Crippen LogP contribution < -0.4 is 10.9 Å². The highest BCUT2D eigenvalue weighted by Crippen LogP contribution is 2.21. The van der Waals surface area contributed by atoms with E-state index >= 15 is 0 Å². The zero-order chi connectivity index (χ0) is 17.0. The van der Waals surface area contributed by atoms with Crippen LogP contribution >= 0.6 is 22.9 Å². The summed E-state index contributed by atoms with van der Waals surface area (Å²) >= 11 is 7.09. The van der Waals surface area contributed by atoms with Crippen LogP contribution in [0.25, 0.3) is 0 Å². The van der Waals surface area contributed by atoms with Gasteiger partial charge in [0.25, 0.3) is 11.8 Å². The highest BCUT2D eigenvalue weighted by atomic mass is 35.5. The highest BCUT2D eigenvalue weighted by Gasteiger charge is 2.17. The predicted octanol–water partition coefficient (Wildman–Crippen LogP) is 2.84. The van der Waals surface area contributed by atoms with Gasteiger partial charge in [-0.2, -0.15) is 0 Å². The Morgan fingerprint density at radius 2 is 2.00 bits per heavy atom. The number of hydrogen-bond acceptors (Lipinski definition) is 5. The minimum Gasteiger partial charge on any atom is -0.507 e. The summed E-state index contributed by atoms with van der Waals surface area (Å²) in [6.07, 6.45) is 1.75. The molecule has 122 valence electrons. The number of halogens is 1. The zero-order valence-electron chi connectivity index (χ0n) is 12.6. The van der Waals surface area contributed by atoms with Crippen molar-refractivity contribution in [3.8, 4) is 5.75 Å². The van der Waals surface area contributed by atoms with Crippen molar-refractivity contribution in [1.29, 1.82) is 0 Å². The first-order valence-electron chi connectivity index (χ1n) is 6.97. The van der Waals surface area contributed by atoms with Gasteiger partial charge in [-0.1, -0.05) is 18.5 Å². The van der Waals surface area contributed by atoms with Crippen molar-refractivity contribution in [1.82, 2.24) is 15.8 Å². The number of benzene rings is 1. The Morgan fingerprint density at radius 3 is 2.70 bits per heavy atom. The number of thiazole rings is 1. The normalized spacial score (nSPS) is 10.4. The molecule has 0 aliphatic rings. The largest absolute Gasteiger partial charge is 0.507 e. The van der Waals surface area contributed by atoms with E-state index in [2.05, 4.69) is 15.8 Å². The summed E-state index contributed by atoms with van der Waals surface area (Å²) in [5.41, 5.74) is 5.17. The number of phenols is 1. The number of hydrogen-bond donors (Lipinski definition) is 3. The second-order valence-corrected chi connectivity index (χ2v) is 6.36. The lowest BCUT2D eigenvalue weighted by molar-refractivity contribution is 0.0846. The van der Waals surface area contributed by atoms with Gasteiger partial charge in [0, 0.05) is 5.02 Å². The number of amides is 2. The molecular formula is C15H16ClN3O3S. The van der Waals surface area contributed by atoms with Crippen LogP contribution in [0.4, 0.5) is 0 Å². The summed E-state index contributed by atoms with van der Waals surface area (Å²) in [6.45, 7) is 3.78. The summed E-state index contributed by atoms with van der Waals surface area (Å²) in [7, 11) is 0. The molecule has 0 fully saturated rings. The van der Waals surface area contributed by atoms with Gasteiger partial charge in [0.05, 0.1) is 16.3 Å². The molecule has 0 atom stereocenters. The van der Waals surface area contributed by atoms with Crippen molar-refractivity contribution in [2.75, 3.05) is 0 Å². The van der Waals surface area contributed by atoms with Crippen LogP contribution in [0.1, 0.15) is 44.1 Å². The number of carbonyl (C=O) groups is 2. The molecule has 2 rings (SSSR count). The van der Waals surface area contributed by atoms with Crippen LogP contribution in [0.2, 0.25) is 5.02 Å². The van der Waals surface area contributed by atoms with Crippen LogP contribution in [0, 0.1) is 6.92 Å². The van der Waals surface area contributed by atoms with Crippen molar-refractivity contribution >= 4 is 34.8 Å². The third-order valence-corrected chi connectivity index (χ3v) is 4.45. The maximum Gasteiger partial charge on any atom is 0.281 e. The summed E-state index contributed by atoms with van der Waals surface area (Å²) in [4.78, 5) is 28.9. The van der Waals surface area contributed by atoms with Gasteiger partial charge < -0.3 is 5.11 Å². The molecule has 0 aliphatic heterocycles. The molecule has 0 aliphatic carbocycles. The monoisotopic (exact) mass is 353 g/mol. The molecule has 1 heterocycles. The number of nitrogens with one attached hydrogen (secondary N) is 2. The molecule has 0 saturated carbocycles. The Balaban J connectivity index is 2.04. The van der Waals surface area contributed by atoms with Crippen molar-refractivity contribution in [3.63, 3.8) is 0 Å². The minimum absolute atomic E-state index is 0.0227. The Labute approximate surface area is 142 Å². The molecule has 8 heteroatoms. The molecule has 3 N–H and O–H groups in total. The Kier molecular flexibility index (Phi) is 5.57. The van der Waals surface area contributed by atoms with Gasteiger partial charge in [0.15, 0.2) is 0 Å². The molecule has 0 bridgehead atoms. The quantitative estimate of drug-likeness (QED) is 0.737. The standard InChI is InChI=1S/C15H16ClN3O3S/c1-3-4-12-17-8(2)13(23-12)15(22)19-18-14(21)10-7-9(16)5-6-11(10)20/h5-7,20H,3-4H2,1-2H3,(H,18,21)(H,19,22). The van der Waals surface area contributed by atoms with Crippen LogP contribution in [0.5, 0.6) is 5.75 Å². The number of nitrogens with zero attached hydrogens (tertiary/aromatic N) is 1. The maximum atomic E-state index is 12.1. The van der Waals surface area contributed by atoms with Crippen molar-refractivity contribution in [3.05, 3.63) is 44.4 Å². The van der Waals surface area contributed by atoms with Crippen molar-refractivity contribution in [2.45, 2.75) is 26.7 Å². The summed E-state index contributed by atoms with van der Waals surface area (Å²) in [6, 6.07) is 4.08. The number of aromatic nitrogens is 1. The summed E-state index contributed by atoms with van der Waals surface area (Å²) < 4.78 is 0. The van der Waals surface area contributed by atoms with E-state index < -0.39 is 11.8 Å². The first kappa shape index (κ1) is 17.2. The van der Waals surface area contributed by atoms with E-state index in [9.17, 15) is 14.7 Å². The van der Waals surface area contributed by atoms with E-state index in [1.54, 1.807) is 6.92 Å². The highest BCUT2D eigenvalue weighted by molar-refractivity contribution is 7.13. The Hall–Kier alpha value is -2.12. The second-order valence-electron chi connectivity index (χ2n) is 4.84. The Morgan fingerprint density at radius 1 is 1.30 bits per heavy atom. The number of rotatable bonds is 4. The van der Waals surface area contributed by atoms with E-state index in [0.717, 1.165) is 17.8 Å². The number of phenolic OH excluding ortho intramolecular Hbond substituents is 1. The molecule has 23 heavy (non-hydrogen) atoms. The number of carbonyl (C=O) groups excluding carboxylic acids is 2. The molecule has 0 radical (unpaired) electrons. The SMILES string of the molecule is CCCc1nc(C)c(C(=O)NNC(=O)c2cc(Cl)ccc2O)s1. The summed E-state index contributed by atoms with van der Waals surface area (Å²) in [5, 5.41) is 10.8. The smallest absolute Gasteiger partial charge is 0.281 e. The molecular weight excluding hydrogens is 338 g/mol. The van der Waals surface area contributed by atoms with Gasteiger partial charge in [-0.15, -0.1) is 11.3 Å². The molecule has 0 unspecified atom stereocenters. The maximum absolute atomic E-state index is 12.1. The molecule has 2 aromatic rings. The lowest BCUT2D eigenvalue weighted by atomic mass is 10.2. The fraction of sp³-hybridized carbons (Fsp3) is 0.267. The molecule has 0 spiro atoms. The van der Waals surface area contributed by atoms with E-state index in [-0.39, 0.29) is 11.3 Å². The molecule has 6 nitrogen and oxygen atoms in total. The van der Waals surface area contributed by atoms with E-state index in [1.807, 2.05) is 6.92 Å². The van der Waals surface area contributed by atoms with Gasteiger partial charge in [-0.3, -0.25) is 20.4 Å². The van der Waals surface area contributed by atoms with Gasteiger partial charge in [-0.05, 0) is 38.0 Å². The van der Waals surface area contributed by atoms with Crippen LogP contribution in [-0.2, 0) is 6.42 Å². The molecule has 1 aromatic carbocycles. The molecule has 1 aromatic heterocycles. The lowest BCUT2D eigenvalue weighted by Gasteiger charge is -2.08. The first-order valence-corrected chi connectivity index (χ1v) is 8.17. The fourth-order valence-electron chi connectivity index (χ4n) is 1.91. The number of hydrazine groups is 1. The van der Waals surface area contributed by atoms with Gasteiger partial charge in [0.1, 0.15) is 10.6 Å². The van der Waals surface area contributed by atoms with Gasteiger partial charge >= 0.3 is 0 Å². The van der Waals surface area contributed by atoms with E-state index in [4.69, 9.17) is 11.6 Å². The third kappa shape index (κ3) is 4.20. The van der Waals surface area contributed by atoms with Crippen molar-refractivity contribution < 1.29 is 14.7 Å². The van der Waals surface area contributed by atoms with Gasteiger partial charge in [0.2, 0.25) is 0 Å². The third-order valence-electron chi connectivity index (χ3n) is 3.00. The Bertz CT molecular complexity index is 746. The number of aromatic hydroxyl groups is 1. The second kappa shape index (κ2) is 7.43. The topological polar surface area (TPSA) is 91.3 Å². The fourth-order valence-corrected chi connectivity index (χ4v) is 3.15. The van der Waals surface area contributed by atoms with E-state index in [0.29, 0.717) is 15.6 Å². The first-order chi connectivity index (χ1) is 10.9. The van der Waals surface area contributed by atoms with Crippen LogP contribution in [0.15, 0.2) is 18.2 Å². The predicted molar refractivity (Wildman–Crippen MR) is 88.9 cm³/mol. The minimum atomic E-state index is -0.658. The average Bonchev–Trinajstić information content (AvgIpc) is 2.88. The zero-order valence-corrected chi connectivity index (χ0v) is 14.2. The lowest BCUT2D eigenvalue weighted by Crippen LogP contribution is -2.41. The van der Waals surface area contributed by atoms with Crippen LogP contribution in [0.3, 0.4) is 0 Å². The molecule has 2 amide bonds.